The number of esters is 1. The van der Waals surface area contributed by atoms with Crippen LogP contribution in [0.15, 0.2) is 17.1 Å². The van der Waals surface area contributed by atoms with E-state index in [0.717, 1.165) is 10.8 Å². The number of rotatable bonds is 6. The number of hydrogen-bond donors (Lipinski definition) is 6. The first-order chi connectivity index (χ1) is 12.1. The van der Waals surface area contributed by atoms with E-state index in [0.29, 0.717) is 0 Å². The van der Waals surface area contributed by atoms with Crippen molar-refractivity contribution in [3.63, 3.8) is 0 Å². The molecule has 12 heteroatoms. The van der Waals surface area contributed by atoms with Crippen LogP contribution in [0.3, 0.4) is 0 Å². The lowest BCUT2D eigenvalue weighted by Gasteiger charge is -2.18. The van der Waals surface area contributed by atoms with E-state index in [1.54, 1.807) is 5.48 Å². The molecule has 1 saturated heterocycles. The molecule has 2 unspecified atom stereocenters. The first kappa shape index (κ1) is 17.7. The average Bonchev–Trinajstić information content (AvgIpc) is 2.81. The van der Waals surface area contributed by atoms with Crippen molar-refractivity contribution in [2.45, 2.75) is 43.6 Å². The summed E-state index contributed by atoms with van der Waals surface area (Å²) in [4.78, 5) is 27.0. The van der Waals surface area contributed by atoms with Crippen molar-refractivity contribution in [1.82, 2.24) is 9.55 Å². The molecule has 7 N–H and O–H groups in total. The van der Waals surface area contributed by atoms with Crippen LogP contribution in [-0.2, 0) is 14.3 Å². The standard InChI is InChI=1S/C13H20N4O8/c1-5(18)8(14)12(21)24-4-6-9(19)10(20)11(25-6)17-3-2-7(16-23)15-13(17)22/h2-3,5-6,8-11,18-20,23H,4,14H2,1H3,(H,15,16,22)/t5?,6-,8+,9-,10?,11-/m1/s1/i9D. The Bertz CT molecular complexity index is 712. The molecular formula is C13H20N4O8. The van der Waals surface area contributed by atoms with E-state index in [9.17, 15) is 24.9 Å². The highest BCUT2D eigenvalue weighted by molar-refractivity contribution is 5.76. The summed E-state index contributed by atoms with van der Waals surface area (Å²) in [6.07, 6.45) is -7.52. The number of nitrogens with zero attached hydrogens (tertiary/aromatic N) is 2. The van der Waals surface area contributed by atoms with Crippen LogP contribution in [-0.4, -0.2) is 73.1 Å². The molecule has 1 fully saturated rings. The summed E-state index contributed by atoms with van der Waals surface area (Å²) in [6, 6.07) is -0.142. The highest BCUT2D eigenvalue weighted by Crippen LogP contribution is 2.28. The largest absolute Gasteiger partial charge is 0.462 e. The molecule has 0 radical (unpaired) electrons. The number of carbonyl (C=O) groups excluding carboxylic acids is 1. The lowest BCUT2D eigenvalue weighted by atomic mass is 10.1. The van der Waals surface area contributed by atoms with Gasteiger partial charge in [0, 0.05) is 6.20 Å². The number of nitrogens with one attached hydrogen (secondary N) is 1. The first-order valence-electron chi connectivity index (χ1n) is 7.75. The van der Waals surface area contributed by atoms with Crippen LogP contribution in [0.25, 0.3) is 0 Å². The van der Waals surface area contributed by atoms with Gasteiger partial charge in [0.25, 0.3) is 0 Å². The highest BCUT2D eigenvalue weighted by Gasteiger charge is 2.45. The molecule has 1 aliphatic heterocycles. The van der Waals surface area contributed by atoms with Gasteiger partial charge in [0.2, 0.25) is 0 Å². The molecule has 12 nitrogen and oxygen atoms in total. The Morgan fingerprint density at radius 3 is 2.88 bits per heavy atom. The third-order valence-electron chi connectivity index (χ3n) is 3.59. The minimum atomic E-state index is -2.60. The Morgan fingerprint density at radius 1 is 1.64 bits per heavy atom. The molecule has 6 atom stereocenters. The molecule has 0 aromatic carbocycles. The van der Waals surface area contributed by atoms with Crippen molar-refractivity contribution < 1.29 is 36.2 Å². The lowest BCUT2D eigenvalue weighted by molar-refractivity contribution is -0.154. The van der Waals surface area contributed by atoms with Crippen molar-refractivity contribution >= 4 is 11.8 Å². The highest BCUT2D eigenvalue weighted by atomic mass is 16.6. The van der Waals surface area contributed by atoms with Crippen molar-refractivity contribution in [3.05, 3.63) is 22.7 Å². The normalized spacial score (nSPS) is 31.9. The van der Waals surface area contributed by atoms with Crippen LogP contribution in [0.5, 0.6) is 0 Å². The van der Waals surface area contributed by atoms with Crippen LogP contribution in [0, 0.1) is 0 Å². The lowest BCUT2D eigenvalue weighted by Crippen LogP contribution is -2.43. The maximum absolute atomic E-state index is 11.9. The minimum Gasteiger partial charge on any atom is -0.462 e. The Labute approximate surface area is 142 Å². The third kappa shape index (κ3) is 4.12. The molecule has 140 valence electrons. The van der Waals surface area contributed by atoms with Crippen LogP contribution in [0.4, 0.5) is 5.82 Å². The number of aromatic nitrogens is 2. The zero-order chi connectivity index (χ0) is 19.6. The number of carbonyl (C=O) groups is 1. The van der Waals surface area contributed by atoms with Gasteiger partial charge in [0.15, 0.2) is 12.0 Å². The fraction of sp³-hybridized carbons (Fsp3) is 0.615. The smallest absolute Gasteiger partial charge is 0.351 e. The van der Waals surface area contributed by atoms with E-state index >= 15 is 0 Å². The molecule has 0 aliphatic carbocycles. The number of ether oxygens (including phenoxy) is 2. The first-order valence-corrected chi connectivity index (χ1v) is 7.25. The average molecular weight is 361 g/mol. The summed E-state index contributed by atoms with van der Waals surface area (Å²) in [7, 11) is 0. The fourth-order valence-corrected chi connectivity index (χ4v) is 2.11. The second kappa shape index (κ2) is 7.86. The molecule has 2 rings (SSSR count). The van der Waals surface area contributed by atoms with Crippen LogP contribution >= 0.6 is 0 Å². The third-order valence-corrected chi connectivity index (χ3v) is 3.59. The maximum Gasteiger partial charge on any atom is 0.351 e. The second-order valence-electron chi connectivity index (χ2n) is 5.40. The summed E-state index contributed by atoms with van der Waals surface area (Å²) in [5, 5.41) is 38.2. The molecule has 2 heterocycles. The van der Waals surface area contributed by atoms with Gasteiger partial charge in [-0.15, -0.1) is 0 Å². The van der Waals surface area contributed by atoms with E-state index in [-0.39, 0.29) is 5.82 Å². The molecule has 1 aliphatic rings. The number of hydrogen-bond acceptors (Lipinski definition) is 11. The molecule has 1 aromatic rings. The summed E-state index contributed by atoms with van der Waals surface area (Å²) < 4.78 is 18.7. The minimum absolute atomic E-state index is 0.155. The molecule has 0 saturated carbocycles. The molecular weight excluding hydrogens is 340 g/mol. The monoisotopic (exact) mass is 361 g/mol. The molecule has 1 aromatic heterocycles. The zero-order valence-electron chi connectivity index (χ0n) is 14.1. The van der Waals surface area contributed by atoms with Crippen molar-refractivity contribution in [2.24, 2.45) is 5.73 Å². The van der Waals surface area contributed by atoms with Crippen molar-refractivity contribution in [3.8, 4) is 0 Å². The second-order valence-corrected chi connectivity index (χ2v) is 5.40. The van der Waals surface area contributed by atoms with E-state index in [4.69, 9.17) is 21.8 Å². The van der Waals surface area contributed by atoms with Gasteiger partial charge in [-0.05, 0) is 13.0 Å². The Hall–Kier alpha value is -2.09. The van der Waals surface area contributed by atoms with Crippen LogP contribution in [0.1, 0.15) is 14.5 Å². The van der Waals surface area contributed by atoms with E-state index in [1.807, 2.05) is 0 Å². The van der Waals surface area contributed by atoms with Gasteiger partial charge in [-0.3, -0.25) is 20.0 Å². The summed E-state index contributed by atoms with van der Waals surface area (Å²) in [5.41, 5.74) is 6.14. The van der Waals surface area contributed by atoms with Crippen LogP contribution in [0.2, 0.25) is 0 Å². The number of aliphatic hydroxyl groups is 3. The quantitative estimate of drug-likeness (QED) is 0.222. The van der Waals surface area contributed by atoms with Gasteiger partial charge < -0.3 is 30.5 Å². The molecule has 0 spiro atoms. The maximum atomic E-state index is 11.9. The van der Waals surface area contributed by atoms with Crippen molar-refractivity contribution in [1.29, 1.82) is 0 Å². The van der Waals surface area contributed by atoms with E-state index < -0.39 is 54.9 Å². The predicted molar refractivity (Wildman–Crippen MR) is 80.4 cm³/mol. The van der Waals surface area contributed by atoms with Gasteiger partial charge in [0.1, 0.15) is 30.9 Å². The summed E-state index contributed by atoms with van der Waals surface area (Å²) in [5.74, 6) is -1.15. The summed E-state index contributed by atoms with van der Waals surface area (Å²) >= 11 is 0. The predicted octanol–water partition coefficient (Wildman–Crippen LogP) is -3.09. The number of nitrogens with two attached hydrogens (primary N) is 1. The van der Waals surface area contributed by atoms with Gasteiger partial charge in [-0.1, -0.05) is 0 Å². The molecule has 0 bridgehead atoms. The Balaban J connectivity index is 2.14. The van der Waals surface area contributed by atoms with Gasteiger partial charge in [-0.2, -0.15) is 4.98 Å². The Morgan fingerprint density at radius 2 is 2.32 bits per heavy atom. The van der Waals surface area contributed by atoms with Gasteiger partial charge in [0.05, 0.1) is 7.47 Å². The number of anilines is 1. The van der Waals surface area contributed by atoms with E-state index in [2.05, 4.69) is 4.98 Å². The van der Waals surface area contributed by atoms with E-state index in [1.165, 1.54) is 13.0 Å². The SMILES string of the molecule is [2H][C@]1(O)C(O)[C@H](n2ccc(NO)nc2=O)O[C@@H]1COC(=O)[C@@H](N)C(C)O. The van der Waals surface area contributed by atoms with Crippen LogP contribution < -0.4 is 16.9 Å². The van der Waals surface area contributed by atoms with Crippen molar-refractivity contribution in [2.75, 3.05) is 12.1 Å². The van der Waals surface area contributed by atoms with Gasteiger partial charge in [-0.25, -0.2) is 4.79 Å². The topological polar surface area (TPSA) is 189 Å². The Kier molecular flexibility index (Phi) is 5.57. The molecule has 0 amide bonds. The fourth-order valence-electron chi connectivity index (χ4n) is 2.11. The number of aliphatic hydroxyl groups excluding tert-OH is 2. The molecule has 25 heavy (non-hydrogen) atoms. The zero-order valence-corrected chi connectivity index (χ0v) is 13.1. The van der Waals surface area contributed by atoms with Gasteiger partial charge >= 0.3 is 11.7 Å². The summed E-state index contributed by atoms with van der Waals surface area (Å²) in [6.45, 7) is 0.633.